The lowest BCUT2D eigenvalue weighted by Gasteiger charge is -2.16. The van der Waals surface area contributed by atoms with Gasteiger partial charge in [0.25, 0.3) is 15.9 Å². The van der Waals surface area contributed by atoms with E-state index < -0.39 is 22.1 Å². The molecule has 0 bridgehead atoms. The van der Waals surface area contributed by atoms with Crippen LogP contribution in [0.15, 0.2) is 51.8 Å². The molecule has 0 saturated heterocycles. The molecule has 2 aromatic carbocycles. The number of hydrogen-bond donors (Lipinski definition) is 0. The predicted molar refractivity (Wildman–Crippen MR) is 112 cm³/mol. The summed E-state index contributed by atoms with van der Waals surface area (Å²) in [5.41, 5.74) is 1.81. The average molecular weight is 466 g/mol. The summed E-state index contributed by atoms with van der Waals surface area (Å²) in [6.45, 7) is 3.53. The average Bonchev–Trinajstić information content (AvgIpc) is 3.24. The van der Waals surface area contributed by atoms with E-state index in [9.17, 15) is 13.2 Å². The van der Waals surface area contributed by atoms with E-state index in [2.05, 4.69) is 10.2 Å². The first-order valence-electron chi connectivity index (χ1n) is 9.07. The van der Waals surface area contributed by atoms with E-state index in [1.807, 2.05) is 31.2 Å². The van der Waals surface area contributed by atoms with Gasteiger partial charge in [-0.3, -0.25) is 4.84 Å². The lowest BCUT2D eigenvalue weighted by atomic mass is 10.1. The Morgan fingerprint density at radius 1 is 1.16 bits per heavy atom. The summed E-state index contributed by atoms with van der Waals surface area (Å²) in [6.07, 6.45) is -0.864. The van der Waals surface area contributed by atoms with Crippen molar-refractivity contribution in [2.24, 2.45) is 0 Å². The maximum atomic E-state index is 12.6. The Bertz CT molecular complexity index is 1190. The molecular weight excluding hydrogens is 446 g/mol. The van der Waals surface area contributed by atoms with E-state index in [0.717, 1.165) is 17.2 Å². The summed E-state index contributed by atoms with van der Waals surface area (Å²) in [5, 5.41) is 7.85. The molecule has 0 radical (unpaired) electrons. The van der Waals surface area contributed by atoms with Crippen LogP contribution in [0.1, 0.15) is 34.8 Å². The van der Waals surface area contributed by atoms with Gasteiger partial charge in [-0.05, 0) is 44.2 Å². The second-order valence-corrected chi connectivity index (χ2v) is 8.91. The third-order valence-electron chi connectivity index (χ3n) is 4.41. The SMILES string of the molecule is CON(C)S(=O)(=O)c1cc(C(=O)OC(C)c2nnc(-c3ccc(C)cc3)o2)ccc1Cl. The van der Waals surface area contributed by atoms with E-state index in [1.165, 1.54) is 26.3 Å². The quantitative estimate of drug-likeness (QED) is 0.382. The number of nitrogens with zero attached hydrogens (tertiary/aromatic N) is 3. The summed E-state index contributed by atoms with van der Waals surface area (Å²) in [5.74, 6) is -0.388. The molecule has 0 fully saturated rings. The highest BCUT2D eigenvalue weighted by Gasteiger charge is 2.26. The van der Waals surface area contributed by atoms with E-state index >= 15 is 0 Å². The van der Waals surface area contributed by atoms with Crippen molar-refractivity contribution in [1.29, 1.82) is 0 Å². The van der Waals surface area contributed by atoms with Crippen LogP contribution in [0.3, 0.4) is 0 Å². The van der Waals surface area contributed by atoms with Crippen LogP contribution in [0.4, 0.5) is 0 Å². The van der Waals surface area contributed by atoms with E-state index in [4.69, 9.17) is 25.6 Å². The monoisotopic (exact) mass is 465 g/mol. The van der Waals surface area contributed by atoms with Crippen LogP contribution in [-0.2, 0) is 19.6 Å². The zero-order chi connectivity index (χ0) is 22.8. The first-order chi connectivity index (χ1) is 14.6. The molecule has 164 valence electrons. The number of hydrogen-bond acceptors (Lipinski definition) is 8. The number of carbonyl (C=O) groups excluding carboxylic acids is 1. The lowest BCUT2D eigenvalue weighted by molar-refractivity contribution is -0.0258. The highest BCUT2D eigenvalue weighted by molar-refractivity contribution is 7.89. The van der Waals surface area contributed by atoms with Gasteiger partial charge in [-0.2, -0.15) is 0 Å². The minimum absolute atomic E-state index is 0.0161. The summed E-state index contributed by atoms with van der Waals surface area (Å²) >= 11 is 6.01. The first-order valence-corrected chi connectivity index (χ1v) is 10.9. The predicted octanol–water partition coefficient (Wildman–Crippen LogP) is 3.80. The van der Waals surface area contributed by atoms with Crippen molar-refractivity contribution in [2.75, 3.05) is 14.2 Å². The molecule has 3 rings (SSSR count). The Labute approximate surface area is 184 Å². The Morgan fingerprint density at radius 2 is 1.84 bits per heavy atom. The summed E-state index contributed by atoms with van der Waals surface area (Å²) in [6, 6.07) is 11.3. The van der Waals surface area contributed by atoms with Gasteiger partial charge in [-0.25, -0.2) is 13.2 Å². The molecule has 9 nitrogen and oxygen atoms in total. The van der Waals surface area contributed by atoms with Crippen LogP contribution in [0.2, 0.25) is 5.02 Å². The van der Waals surface area contributed by atoms with Crippen molar-refractivity contribution < 1.29 is 27.2 Å². The number of hydroxylamine groups is 1. The Morgan fingerprint density at radius 3 is 2.48 bits per heavy atom. The Hall–Kier alpha value is -2.79. The molecule has 0 aliphatic rings. The number of esters is 1. The minimum Gasteiger partial charge on any atom is -0.449 e. The van der Waals surface area contributed by atoms with Crippen molar-refractivity contribution in [2.45, 2.75) is 24.8 Å². The number of sulfonamides is 1. The van der Waals surface area contributed by atoms with Crippen LogP contribution in [-0.4, -0.2) is 43.2 Å². The highest BCUT2D eigenvalue weighted by Crippen LogP contribution is 2.27. The molecule has 0 spiro atoms. The summed E-state index contributed by atoms with van der Waals surface area (Å²) < 4.78 is 36.6. The number of benzene rings is 2. The van der Waals surface area contributed by atoms with Gasteiger partial charge in [-0.15, -0.1) is 10.2 Å². The van der Waals surface area contributed by atoms with E-state index in [-0.39, 0.29) is 21.4 Å². The van der Waals surface area contributed by atoms with Gasteiger partial charge in [0.2, 0.25) is 5.89 Å². The highest BCUT2D eigenvalue weighted by atomic mass is 35.5. The number of aryl methyl sites for hydroxylation is 1. The maximum absolute atomic E-state index is 12.6. The van der Waals surface area contributed by atoms with Crippen LogP contribution in [0.25, 0.3) is 11.5 Å². The number of ether oxygens (including phenoxy) is 1. The smallest absolute Gasteiger partial charge is 0.338 e. The molecule has 1 aromatic heterocycles. The molecule has 3 aromatic rings. The Kier molecular flexibility index (Phi) is 6.75. The van der Waals surface area contributed by atoms with Gasteiger partial charge in [0.15, 0.2) is 6.10 Å². The maximum Gasteiger partial charge on any atom is 0.338 e. The van der Waals surface area contributed by atoms with Gasteiger partial charge in [0.1, 0.15) is 4.90 Å². The fraction of sp³-hybridized carbons (Fsp3) is 0.250. The molecule has 1 heterocycles. The third kappa shape index (κ3) is 4.93. The fourth-order valence-electron chi connectivity index (χ4n) is 2.56. The standard InChI is InChI=1S/C20H20ClN3O6S/c1-12-5-7-14(8-6-12)19-23-22-18(30-19)13(2)29-20(25)15-9-10-16(21)17(11-15)31(26,27)24(3)28-4/h5-11,13H,1-4H3. The largest absolute Gasteiger partial charge is 0.449 e. The summed E-state index contributed by atoms with van der Waals surface area (Å²) in [7, 11) is -1.65. The number of carbonyl (C=O) groups is 1. The van der Waals surface area contributed by atoms with Crippen molar-refractivity contribution in [3.8, 4) is 11.5 Å². The van der Waals surface area contributed by atoms with Crippen LogP contribution in [0, 0.1) is 6.92 Å². The van der Waals surface area contributed by atoms with Gasteiger partial charge in [0, 0.05) is 12.6 Å². The van der Waals surface area contributed by atoms with Crippen molar-refractivity contribution in [3.63, 3.8) is 0 Å². The molecule has 1 atom stereocenters. The molecule has 0 aliphatic heterocycles. The molecule has 0 N–H and O–H groups in total. The van der Waals surface area contributed by atoms with Gasteiger partial charge < -0.3 is 9.15 Å². The molecule has 31 heavy (non-hydrogen) atoms. The molecule has 11 heteroatoms. The van der Waals surface area contributed by atoms with Gasteiger partial charge in [0.05, 0.1) is 17.7 Å². The second kappa shape index (κ2) is 9.15. The normalized spacial score (nSPS) is 12.7. The first kappa shape index (κ1) is 22.9. The second-order valence-electron chi connectivity index (χ2n) is 6.60. The van der Waals surface area contributed by atoms with Crippen molar-refractivity contribution in [3.05, 3.63) is 64.5 Å². The topological polar surface area (TPSA) is 112 Å². The van der Waals surface area contributed by atoms with Crippen molar-refractivity contribution >= 4 is 27.6 Å². The van der Waals surface area contributed by atoms with E-state index in [0.29, 0.717) is 10.4 Å². The van der Waals surface area contributed by atoms with E-state index in [1.54, 1.807) is 6.92 Å². The number of halogens is 1. The van der Waals surface area contributed by atoms with Crippen LogP contribution < -0.4 is 0 Å². The van der Waals surface area contributed by atoms with Crippen LogP contribution in [0.5, 0.6) is 0 Å². The zero-order valence-corrected chi connectivity index (χ0v) is 18.8. The lowest BCUT2D eigenvalue weighted by Crippen LogP contribution is -2.26. The summed E-state index contributed by atoms with van der Waals surface area (Å²) in [4.78, 5) is 17.0. The minimum atomic E-state index is -4.06. The molecule has 0 amide bonds. The van der Waals surface area contributed by atoms with Gasteiger partial charge >= 0.3 is 5.97 Å². The number of rotatable bonds is 7. The molecular formula is C20H20ClN3O6S. The van der Waals surface area contributed by atoms with Crippen LogP contribution >= 0.6 is 11.6 Å². The zero-order valence-electron chi connectivity index (χ0n) is 17.2. The van der Waals surface area contributed by atoms with Crippen molar-refractivity contribution in [1.82, 2.24) is 14.7 Å². The Balaban J connectivity index is 1.79. The fourth-order valence-corrected chi connectivity index (χ4v) is 4.03. The molecule has 0 saturated carbocycles. The number of aromatic nitrogens is 2. The molecule has 1 unspecified atom stereocenters. The third-order valence-corrected chi connectivity index (χ3v) is 6.57. The molecule has 0 aliphatic carbocycles. The van der Waals surface area contributed by atoms with Gasteiger partial charge in [-0.1, -0.05) is 33.8 Å².